The fourth-order valence-corrected chi connectivity index (χ4v) is 3.20. The van der Waals surface area contributed by atoms with Crippen LogP contribution in [0.15, 0.2) is 16.8 Å². The molecular formula is C14H23N3O2S. The zero-order valence-electron chi connectivity index (χ0n) is 12.3. The maximum atomic E-state index is 12.1. The predicted molar refractivity (Wildman–Crippen MR) is 80.3 cm³/mol. The highest BCUT2D eigenvalue weighted by atomic mass is 32.1. The van der Waals surface area contributed by atoms with Crippen molar-refractivity contribution in [1.82, 2.24) is 10.3 Å². The van der Waals surface area contributed by atoms with Gasteiger partial charge in [-0.2, -0.15) is 11.3 Å². The van der Waals surface area contributed by atoms with Gasteiger partial charge in [0.15, 0.2) is 0 Å². The third kappa shape index (κ3) is 3.71. The van der Waals surface area contributed by atoms with Gasteiger partial charge in [0.2, 0.25) is 0 Å². The van der Waals surface area contributed by atoms with Crippen molar-refractivity contribution in [2.24, 2.45) is 11.8 Å². The summed E-state index contributed by atoms with van der Waals surface area (Å²) >= 11 is 1.66. The first-order valence-electron chi connectivity index (χ1n) is 6.87. The Balaban J connectivity index is 1.96. The smallest absolute Gasteiger partial charge is 0.410 e. The first-order chi connectivity index (χ1) is 9.40. The van der Waals surface area contributed by atoms with Crippen LogP contribution in [0.25, 0.3) is 0 Å². The molecule has 1 aromatic heterocycles. The molecule has 1 saturated heterocycles. The molecule has 3 N–H and O–H groups in total. The van der Waals surface area contributed by atoms with Crippen molar-refractivity contribution in [2.75, 3.05) is 13.1 Å². The minimum atomic E-state index is -0.450. The highest BCUT2D eigenvalue weighted by molar-refractivity contribution is 7.07. The largest absolute Gasteiger partial charge is 0.444 e. The van der Waals surface area contributed by atoms with E-state index in [4.69, 9.17) is 10.6 Å². The van der Waals surface area contributed by atoms with Crippen molar-refractivity contribution in [3.8, 4) is 0 Å². The standard InChI is InChI=1S/C14H23N3O2S/c1-14(2,3)19-13(18)17-6-4-10(8-17)12(16-15)11-5-7-20-9-11/h5,7,9-10,12,16H,4,6,8,15H2,1-3H3. The number of nitrogens with two attached hydrogens (primary N) is 1. The molecule has 2 rings (SSSR count). The zero-order valence-corrected chi connectivity index (χ0v) is 13.1. The molecule has 2 heterocycles. The summed E-state index contributed by atoms with van der Waals surface area (Å²) in [6, 6.07) is 2.17. The van der Waals surface area contributed by atoms with Crippen LogP contribution in [-0.4, -0.2) is 29.7 Å². The lowest BCUT2D eigenvalue weighted by molar-refractivity contribution is 0.0285. The Kier molecular flexibility index (Phi) is 4.67. The van der Waals surface area contributed by atoms with Crippen molar-refractivity contribution in [3.05, 3.63) is 22.4 Å². The number of hydrogen-bond donors (Lipinski definition) is 2. The number of nitrogens with zero attached hydrogens (tertiary/aromatic N) is 1. The average molecular weight is 297 g/mol. The van der Waals surface area contributed by atoms with Gasteiger partial charge >= 0.3 is 6.09 Å². The van der Waals surface area contributed by atoms with Crippen molar-refractivity contribution in [1.29, 1.82) is 0 Å². The number of rotatable bonds is 3. The monoisotopic (exact) mass is 297 g/mol. The molecule has 1 fully saturated rings. The second-order valence-electron chi connectivity index (χ2n) is 6.18. The van der Waals surface area contributed by atoms with Gasteiger partial charge in [0.1, 0.15) is 5.60 Å². The van der Waals surface area contributed by atoms with Crippen molar-refractivity contribution >= 4 is 17.4 Å². The van der Waals surface area contributed by atoms with E-state index in [1.807, 2.05) is 26.2 Å². The molecule has 1 aliphatic rings. The van der Waals surface area contributed by atoms with Gasteiger partial charge in [-0.1, -0.05) is 0 Å². The summed E-state index contributed by atoms with van der Waals surface area (Å²) in [4.78, 5) is 13.8. The summed E-state index contributed by atoms with van der Waals surface area (Å²) < 4.78 is 5.41. The van der Waals surface area contributed by atoms with Gasteiger partial charge in [-0.25, -0.2) is 4.79 Å². The molecule has 0 aromatic carbocycles. The zero-order chi connectivity index (χ0) is 14.8. The van der Waals surface area contributed by atoms with Crippen LogP contribution in [0, 0.1) is 5.92 Å². The summed E-state index contributed by atoms with van der Waals surface area (Å²) in [7, 11) is 0. The van der Waals surface area contributed by atoms with Crippen LogP contribution in [0.2, 0.25) is 0 Å². The third-order valence-electron chi connectivity index (χ3n) is 3.43. The molecular weight excluding hydrogens is 274 g/mol. The number of hydrogen-bond acceptors (Lipinski definition) is 5. The van der Waals surface area contributed by atoms with E-state index in [9.17, 15) is 4.79 Å². The number of likely N-dealkylation sites (tertiary alicyclic amines) is 1. The van der Waals surface area contributed by atoms with Gasteiger partial charge < -0.3 is 9.64 Å². The van der Waals surface area contributed by atoms with E-state index >= 15 is 0 Å². The molecule has 2 atom stereocenters. The molecule has 0 radical (unpaired) electrons. The SMILES string of the molecule is CC(C)(C)OC(=O)N1CCC(C(NN)c2ccsc2)C1. The topological polar surface area (TPSA) is 67.6 Å². The van der Waals surface area contributed by atoms with E-state index in [1.54, 1.807) is 16.2 Å². The van der Waals surface area contributed by atoms with E-state index in [0.29, 0.717) is 12.5 Å². The number of carbonyl (C=O) groups excluding carboxylic acids is 1. The highest BCUT2D eigenvalue weighted by Gasteiger charge is 2.34. The van der Waals surface area contributed by atoms with Crippen LogP contribution in [-0.2, 0) is 4.74 Å². The van der Waals surface area contributed by atoms with Gasteiger partial charge in [-0.05, 0) is 55.5 Å². The van der Waals surface area contributed by atoms with E-state index in [0.717, 1.165) is 13.0 Å². The Bertz CT molecular complexity index is 442. The quantitative estimate of drug-likeness (QED) is 0.664. The molecule has 1 amide bonds. The number of thiophene rings is 1. The number of hydrazine groups is 1. The fraction of sp³-hybridized carbons (Fsp3) is 0.643. The minimum absolute atomic E-state index is 0.0914. The molecule has 0 saturated carbocycles. The molecule has 0 bridgehead atoms. The Hall–Kier alpha value is -1.11. The summed E-state index contributed by atoms with van der Waals surface area (Å²) in [6.45, 7) is 7.05. The number of ether oxygens (including phenoxy) is 1. The molecule has 0 spiro atoms. The number of nitrogens with one attached hydrogen (secondary N) is 1. The van der Waals surface area contributed by atoms with Crippen molar-refractivity contribution in [3.63, 3.8) is 0 Å². The predicted octanol–water partition coefficient (Wildman–Crippen LogP) is 2.51. The Labute approximate surface area is 124 Å². The minimum Gasteiger partial charge on any atom is -0.444 e. The van der Waals surface area contributed by atoms with Gasteiger partial charge in [0.05, 0.1) is 6.04 Å². The molecule has 0 aliphatic carbocycles. The van der Waals surface area contributed by atoms with Gasteiger partial charge in [0, 0.05) is 13.1 Å². The molecule has 2 unspecified atom stereocenters. The van der Waals surface area contributed by atoms with E-state index in [-0.39, 0.29) is 12.1 Å². The molecule has 1 aromatic rings. The van der Waals surface area contributed by atoms with E-state index in [1.165, 1.54) is 5.56 Å². The van der Waals surface area contributed by atoms with Crippen molar-refractivity contribution in [2.45, 2.75) is 38.8 Å². The van der Waals surface area contributed by atoms with Crippen LogP contribution >= 0.6 is 11.3 Å². The molecule has 1 aliphatic heterocycles. The number of amides is 1. The molecule has 5 nitrogen and oxygen atoms in total. The fourth-order valence-electron chi connectivity index (χ4n) is 2.51. The van der Waals surface area contributed by atoms with Crippen LogP contribution in [0.1, 0.15) is 38.8 Å². The normalized spacial score (nSPS) is 21.0. The lowest BCUT2D eigenvalue weighted by Gasteiger charge is -2.25. The second-order valence-corrected chi connectivity index (χ2v) is 6.96. The van der Waals surface area contributed by atoms with Crippen LogP contribution in [0.4, 0.5) is 4.79 Å². The second kappa shape index (κ2) is 6.11. The number of carbonyl (C=O) groups is 1. The Morgan fingerprint density at radius 3 is 2.90 bits per heavy atom. The molecule has 112 valence electrons. The van der Waals surface area contributed by atoms with Crippen molar-refractivity contribution < 1.29 is 9.53 Å². The molecule has 6 heteroatoms. The summed E-state index contributed by atoms with van der Waals surface area (Å²) in [5, 5.41) is 4.14. The first kappa shape index (κ1) is 15.3. The van der Waals surface area contributed by atoms with Crippen LogP contribution < -0.4 is 11.3 Å². The summed E-state index contributed by atoms with van der Waals surface area (Å²) in [5.74, 6) is 6.01. The van der Waals surface area contributed by atoms with Crippen LogP contribution in [0.3, 0.4) is 0 Å². The summed E-state index contributed by atoms with van der Waals surface area (Å²) in [6.07, 6.45) is 0.699. The van der Waals surface area contributed by atoms with E-state index in [2.05, 4.69) is 16.9 Å². The highest BCUT2D eigenvalue weighted by Crippen LogP contribution is 2.31. The van der Waals surface area contributed by atoms with Gasteiger partial charge in [-0.15, -0.1) is 0 Å². The van der Waals surface area contributed by atoms with Crippen LogP contribution in [0.5, 0.6) is 0 Å². The summed E-state index contributed by atoms with van der Waals surface area (Å²) in [5.41, 5.74) is 3.62. The first-order valence-corrected chi connectivity index (χ1v) is 7.81. The molecule has 20 heavy (non-hydrogen) atoms. The third-order valence-corrected chi connectivity index (χ3v) is 4.13. The lowest BCUT2D eigenvalue weighted by Crippen LogP contribution is -2.38. The average Bonchev–Trinajstić information content (AvgIpc) is 2.98. The van der Waals surface area contributed by atoms with Gasteiger partial charge in [0.25, 0.3) is 0 Å². The van der Waals surface area contributed by atoms with Gasteiger partial charge in [-0.3, -0.25) is 11.3 Å². The Morgan fingerprint density at radius 1 is 1.60 bits per heavy atom. The lowest BCUT2D eigenvalue weighted by atomic mass is 9.95. The maximum Gasteiger partial charge on any atom is 0.410 e. The van der Waals surface area contributed by atoms with E-state index < -0.39 is 5.60 Å². The Morgan fingerprint density at radius 2 is 2.35 bits per heavy atom. The maximum absolute atomic E-state index is 12.1.